The average molecular weight is 316 g/mol. The van der Waals surface area contributed by atoms with Crippen LogP contribution >= 0.6 is 11.3 Å². The van der Waals surface area contributed by atoms with Gasteiger partial charge in [0.1, 0.15) is 5.82 Å². The first kappa shape index (κ1) is 14.3. The van der Waals surface area contributed by atoms with Crippen LogP contribution in [0.5, 0.6) is 0 Å². The first-order valence-electron chi connectivity index (χ1n) is 6.50. The van der Waals surface area contributed by atoms with Gasteiger partial charge in [0.15, 0.2) is 0 Å². The van der Waals surface area contributed by atoms with Crippen LogP contribution in [0.3, 0.4) is 0 Å². The molecular formula is C14H11FN5OS-. The lowest BCUT2D eigenvalue weighted by Crippen LogP contribution is -2.24. The van der Waals surface area contributed by atoms with Crippen molar-refractivity contribution in [2.75, 3.05) is 5.32 Å². The van der Waals surface area contributed by atoms with Crippen LogP contribution in [0, 0.1) is 5.82 Å². The Balaban J connectivity index is 1.79. The zero-order valence-corrected chi connectivity index (χ0v) is 12.1. The Kier molecular flexibility index (Phi) is 4.19. The van der Waals surface area contributed by atoms with Crippen LogP contribution in [0.15, 0.2) is 41.8 Å². The minimum absolute atomic E-state index is 0.271. The van der Waals surface area contributed by atoms with Gasteiger partial charge in [-0.3, -0.25) is 15.1 Å². The molecule has 1 aromatic carbocycles. The molecule has 6 nitrogen and oxygen atoms in total. The zero-order valence-electron chi connectivity index (χ0n) is 11.3. The van der Waals surface area contributed by atoms with Gasteiger partial charge in [-0.05, 0) is 42.1 Å². The van der Waals surface area contributed by atoms with E-state index in [1.807, 2.05) is 17.5 Å². The smallest absolute Gasteiger partial charge is 0.232 e. The van der Waals surface area contributed by atoms with Crippen molar-refractivity contribution in [3.63, 3.8) is 0 Å². The number of thiophene rings is 1. The Labute approximate surface area is 129 Å². The van der Waals surface area contributed by atoms with E-state index in [0.29, 0.717) is 12.1 Å². The van der Waals surface area contributed by atoms with Gasteiger partial charge in [-0.1, -0.05) is 6.07 Å². The number of nitrogens with one attached hydrogen (secondary N) is 1. The molecule has 2 aromatic heterocycles. The van der Waals surface area contributed by atoms with Crippen LogP contribution in [-0.4, -0.2) is 21.4 Å². The molecule has 3 aromatic rings. The Morgan fingerprint density at radius 2 is 2.14 bits per heavy atom. The summed E-state index contributed by atoms with van der Waals surface area (Å²) in [7, 11) is 0. The minimum Gasteiger partial charge on any atom is -0.335 e. The molecule has 0 fully saturated rings. The molecule has 0 saturated carbocycles. The van der Waals surface area contributed by atoms with E-state index in [2.05, 4.69) is 25.9 Å². The number of amides is 1. The molecule has 3 rings (SSSR count). The highest BCUT2D eigenvalue weighted by Gasteiger charge is 2.21. The van der Waals surface area contributed by atoms with Crippen molar-refractivity contribution in [2.24, 2.45) is 0 Å². The van der Waals surface area contributed by atoms with Crippen LogP contribution in [0.1, 0.15) is 16.6 Å². The molecule has 0 saturated heterocycles. The summed E-state index contributed by atoms with van der Waals surface area (Å²) < 4.78 is 12.9. The second-order valence-electron chi connectivity index (χ2n) is 4.57. The number of anilines is 1. The van der Waals surface area contributed by atoms with Gasteiger partial charge in [-0.15, -0.1) is 11.3 Å². The van der Waals surface area contributed by atoms with Crippen molar-refractivity contribution in [3.8, 4) is 0 Å². The fourth-order valence-corrected chi connectivity index (χ4v) is 2.74. The van der Waals surface area contributed by atoms with Crippen LogP contribution in [-0.2, 0) is 11.2 Å². The average Bonchev–Trinajstić information content (AvgIpc) is 3.20. The van der Waals surface area contributed by atoms with E-state index in [9.17, 15) is 9.18 Å². The fourth-order valence-electron chi connectivity index (χ4n) is 1.98. The monoisotopic (exact) mass is 316 g/mol. The van der Waals surface area contributed by atoms with E-state index in [4.69, 9.17) is 0 Å². The summed E-state index contributed by atoms with van der Waals surface area (Å²) in [6.45, 7) is 0. The Morgan fingerprint density at radius 3 is 2.77 bits per heavy atom. The van der Waals surface area contributed by atoms with Crippen LogP contribution in [0.25, 0.3) is 0 Å². The standard InChI is InChI=1S/C14H12FN5OS/c15-9-3-5-10(6-4-9)16-14(21)12(13-17-19-20-18-13)8-11-2-1-7-22-11/h1-7,12H,8H2,(H2,16,17,18,19,20,21)/p-1/t12-/m1/s1. The maximum atomic E-state index is 12.9. The number of carbonyl (C=O) groups is 1. The van der Waals surface area contributed by atoms with E-state index in [1.54, 1.807) is 11.3 Å². The number of rotatable bonds is 5. The van der Waals surface area contributed by atoms with E-state index >= 15 is 0 Å². The third-order valence-corrected chi connectivity index (χ3v) is 3.96. The molecule has 2 heterocycles. The van der Waals surface area contributed by atoms with Gasteiger partial charge in [0.05, 0.1) is 5.92 Å². The fraction of sp³-hybridized carbons (Fsp3) is 0.143. The van der Waals surface area contributed by atoms with E-state index in [-0.39, 0.29) is 17.5 Å². The van der Waals surface area contributed by atoms with Gasteiger partial charge in [0, 0.05) is 16.4 Å². The van der Waals surface area contributed by atoms with Crippen LogP contribution in [0.4, 0.5) is 10.1 Å². The highest BCUT2D eigenvalue weighted by molar-refractivity contribution is 7.09. The van der Waals surface area contributed by atoms with Gasteiger partial charge in [0.25, 0.3) is 0 Å². The Bertz CT molecular complexity index is 727. The molecule has 0 aliphatic rings. The van der Waals surface area contributed by atoms with Crippen molar-refractivity contribution < 1.29 is 9.18 Å². The molecule has 0 aliphatic heterocycles. The molecule has 1 N–H and O–H groups in total. The first-order chi connectivity index (χ1) is 10.7. The first-order valence-corrected chi connectivity index (χ1v) is 7.38. The Morgan fingerprint density at radius 1 is 1.32 bits per heavy atom. The third-order valence-electron chi connectivity index (χ3n) is 3.06. The topological polar surface area (TPSA) is 81.9 Å². The van der Waals surface area contributed by atoms with Gasteiger partial charge in [-0.25, -0.2) is 4.39 Å². The number of nitrogens with zero attached hydrogens (tertiary/aromatic N) is 4. The minimum atomic E-state index is -0.598. The summed E-state index contributed by atoms with van der Waals surface area (Å²) >= 11 is 1.55. The van der Waals surface area contributed by atoms with Gasteiger partial charge >= 0.3 is 0 Å². The van der Waals surface area contributed by atoms with Crippen molar-refractivity contribution in [2.45, 2.75) is 12.3 Å². The van der Waals surface area contributed by atoms with Crippen LogP contribution < -0.4 is 10.4 Å². The number of aromatic nitrogens is 4. The third kappa shape index (κ3) is 3.34. The Hall–Kier alpha value is -2.61. The molecule has 22 heavy (non-hydrogen) atoms. The van der Waals surface area contributed by atoms with Gasteiger partial charge in [0.2, 0.25) is 5.91 Å². The summed E-state index contributed by atoms with van der Waals surface area (Å²) in [5, 5.41) is 19.1. The number of hydrogen-bond donors (Lipinski definition) is 1. The molecular weight excluding hydrogens is 305 g/mol. The van der Waals surface area contributed by atoms with Gasteiger partial charge < -0.3 is 10.4 Å². The van der Waals surface area contributed by atoms with Crippen molar-refractivity contribution in [1.82, 2.24) is 20.6 Å². The van der Waals surface area contributed by atoms with E-state index in [1.165, 1.54) is 24.3 Å². The van der Waals surface area contributed by atoms with Gasteiger partial charge in [-0.2, -0.15) is 5.21 Å². The number of tetrazole rings is 1. The molecule has 0 bridgehead atoms. The van der Waals surface area contributed by atoms with E-state index < -0.39 is 5.92 Å². The lowest BCUT2D eigenvalue weighted by molar-refractivity contribution is -0.117. The molecule has 0 radical (unpaired) electrons. The maximum Gasteiger partial charge on any atom is 0.232 e. The van der Waals surface area contributed by atoms with Crippen LogP contribution in [0.2, 0.25) is 0 Å². The molecule has 1 atom stereocenters. The summed E-state index contributed by atoms with van der Waals surface area (Å²) in [6, 6.07) is 9.41. The molecule has 8 heteroatoms. The lowest BCUT2D eigenvalue weighted by Gasteiger charge is -2.16. The maximum absolute atomic E-state index is 12.9. The molecule has 1 amide bonds. The van der Waals surface area contributed by atoms with Crippen molar-refractivity contribution in [3.05, 3.63) is 58.3 Å². The summed E-state index contributed by atoms with van der Waals surface area (Å²) in [4.78, 5) is 13.5. The summed E-state index contributed by atoms with van der Waals surface area (Å²) in [5.74, 6) is -0.970. The zero-order chi connectivity index (χ0) is 15.4. The molecule has 112 valence electrons. The highest BCUT2D eigenvalue weighted by atomic mass is 32.1. The number of benzene rings is 1. The van der Waals surface area contributed by atoms with E-state index in [0.717, 1.165) is 4.88 Å². The van der Waals surface area contributed by atoms with Crippen molar-refractivity contribution >= 4 is 22.9 Å². The second kappa shape index (κ2) is 6.44. The highest BCUT2D eigenvalue weighted by Crippen LogP contribution is 2.22. The van der Waals surface area contributed by atoms with Crippen molar-refractivity contribution in [1.29, 1.82) is 0 Å². The summed E-state index contributed by atoms with van der Waals surface area (Å²) in [6.07, 6.45) is 0.456. The largest absolute Gasteiger partial charge is 0.335 e. The lowest BCUT2D eigenvalue weighted by atomic mass is 10.0. The molecule has 0 spiro atoms. The SMILES string of the molecule is O=C(Nc1ccc(F)cc1)[C@H](Cc1cccs1)c1nnn[n-]1. The second-order valence-corrected chi connectivity index (χ2v) is 5.60. The number of halogens is 1. The predicted molar refractivity (Wildman–Crippen MR) is 78.9 cm³/mol. The number of carbonyl (C=O) groups excluding carboxylic acids is 1. The summed E-state index contributed by atoms with van der Waals surface area (Å²) in [5.41, 5.74) is 0.509. The normalized spacial score (nSPS) is 12.0. The molecule has 0 aliphatic carbocycles. The quantitative estimate of drug-likeness (QED) is 0.778. The predicted octanol–water partition coefficient (Wildman–Crippen LogP) is 1.99. The molecule has 0 unspecified atom stereocenters. The number of hydrogen-bond acceptors (Lipinski definition) is 5.